The van der Waals surface area contributed by atoms with Gasteiger partial charge in [0.15, 0.2) is 0 Å². The number of hydrogen-bond acceptors (Lipinski definition) is 3. The Bertz CT molecular complexity index is 601. The molecule has 0 unspecified atom stereocenters. The Kier molecular flexibility index (Phi) is 2.38. The van der Waals surface area contributed by atoms with Crippen LogP contribution in [0, 0.1) is 0 Å². The van der Waals surface area contributed by atoms with Gasteiger partial charge in [-0.25, -0.2) is 15.0 Å². The fraction of sp³-hybridized carbons (Fsp3) is 0.100. The first-order valence-electron chi connectivity index (χ1n) is 4.51. The summed E-state index contributed by atoms with van der Waals surface area (Å²) in [5.74, 6) is 0. The van der Waals surface area contributed by atoms with Crippen molar-refractivity contribution in [3.8, 4) is 11.3 Å². The molecule has 0 spiro atoms. The molecule has 2 heterocycles. The van der Waals surface area contributed by atoms with Gasteiger partial charge in [-0.3, -0.25) is 0 Å². The molecule has 0 fully saturated rings. The molecule has 16 heavy (non-hydrogen) atoms. The molecular weight excluding hydrogens is 313 g/mol. The van der Waals surface area contributed by atoms with E-state index in [4.69, 9.17) is 23.2 Å². The molecule has 0 N–H and O–H groups in total. The van der Waals surface area contributed by atoms with Gasteiger partial charge in [-0.1, -0.05) is 23.2 Å². The van der Waals surface area contributed by atoms with Crippen LogP contribution in [0.3, 0.4) is 0 Å². The predicted octanol–water partition coefficient (Wildman–Crippen LogP) is 3.51. The van der Waals surface area contributed by atoms with E-state index in [1.165, 1.54) is 6.33 Å². The van der Waals surface area contributed by atoms with E-state index in [-0.39, 0.29) is 0 Å². The van der Waals surface area contributed by atoms with E-state index in [0.29, 0.717) is 21.2 Å². The van der Waals surface area contributed by atoms with Crippen molar-refractivity contribution in [2.45, 2.75) is 6.42 Å². The smallest absolute Gasteiger partial charge is 0.142 e. The molecule has 0 saturated heterocycles. The van der Waals surface area contributed by atoms with Crippen molar-refractivity contribution in [3.05, 3.63) is 38.4 Å². The van der Waals surface area contributed by atoms with Gasteiger partial charge in [-0.05, 0) is 27.6 Å². The Balaban J connectivity index is 2.32. The molecule has 0 amide bonds. The van der Waals surface area contributed by atoms with Crippen molar-refractivity contribution >= 4 is 39.1 Å². The maximum Gasteiger partial charge on any atom is 0.142 e. The average molecular weight is 317 g/mol. The normalized spacial score (nSPS) is 12.4. The minimum Gasteiger partial charge on any atom is -0.240 e. The maximum atomic E-state index is 6.05. The van der Waals surface area contributed by atoms with Gasteiger partial charge in [0.1, 0.15) is 16.1 Å². The molecule has 0 radical (unpaired) electrons. The van der Waals surface area contributed by atoms with Crippen LogP contribution in [-0.4, -0.2) is 15.0 Å². The summed E-state index contributed by atoms with van der Waals surface area (Å²) in [6.45, 7) is 0. The molecule has 0 bridgehead atoms. The summed E-state index contributed by atoms with van der Waals surface area (Å²) in [7, 11) is 0. The molecule has 1 aliphatic carbocycles. The number of aromatic nitrogens is 3. The van der Waals surface area contributed by atoms with Crippen molar-refractivity contribution in [1.29, 1.82) is 0 Å². The molecule has 1 aliphatic rings. The van der Waals surface area contributed by atoms with Gasteiger partial charge in [0.2, 0.25) is 0 Å². The number of pyridine rings is 1. The van der Waals surface area contributed by atoms with Gasteiger partial charge in [-0.15, -0.1) is 0 Å². The predicted molar refractivity (Wildman–Crippen MR) is 65.8 cm³/mol. The zero-order valence-corrected chi connectivity index (χ0v) is 10.9. The largest absolute Gasteiger partial charge is 0.240 e. The lowest BCUT2D eigenvalue weighted by molar-refractivity contribution is 1.07. The Hall–Kier alpha value is -0.710. The standard InChI is InChI=1S/C10H4BrCl2N3/c11-9-5(12)1-4-2-6-7(8(4)16-9)10(13)15-3-14-6/h1,3H,2H2. The van der Waals surface area contributed by atoms with E-state index < -0.39 is 0 Å². The van der Waals surface area contributed by atoms with E-state index in [1.54, 1.807) is 0 Å². The first kappa shape index (κ1) is 10.4. The highest BCUT2D eigenvalue weighted by molar-refractivity contribution is 9.10. The van der Waals surface area contributed by atoms with Gasteiger partial charge in [-0.2, -0.15) is 0 Å². The summed E-state index contributed by atoms with van der Waals surface area (Å²) in [5.41, 5.74) is 3.57. The van der Waals surface area contributed by atoms with E-state index in [9.17, 15) is 0 Å². The molecule has 0 saturated carbocycles. The first-order chi connectivity index (χ1) is 7.66. The van der Waals surface area contributed by atoms with Crippen LogP contribution in [-0.2, 0) is 6.42 Å². The van der Waals surface area contributed by atoms with Crippen molar-refractivity contribution in [2.75, 3.05) is 0 Å². The second kappa shape index (κ2) is 3.65. The molecule has 2 aromatic rings. The minimum absolute atomic E-state index is 0.436. The topological polar surface area (TPSA) is 38.7 Å². The second-order valence-electron chi connectivity index (χ2n) is 3.43. The molecule has 80 valence electrons. The molecular formula is C10H4BrCl2N3. The van der Waals surface area contributed by atoms with Crippen molar-refractivity contribution < 1.29 is 0 Å². The highest BCUT2D eigenvalue weighted by atomic mass is 79.9. The van der Waals surface area contributed by atoms with Crippen LogP contribution in [0.2, 0.25) is 10.2 Å². The van der Waals surface area contributed by atoms with Gasteiger partial charge in [0.05, 0.1) is 22.0 Å². The summed E-state index contributed by atoms with van der Waals surface area (Å²) >= 11 is 15.3. The summed E-state index contributed by atoms with van der Waals surface area (Å²) < 4.78 is 0.612. The van der Waals surface area contributed by atoms with Gasteiger partial charge >= 0.3 is 0 Å². The van der Waals surface area contributed by atoms with Crippen molar-refractivity contribution in [2.24, 2.45) is 0 Å². The van der Waals surface area contributed by atoms with Crippen LogP contribution in [0.5, 0.6) is 0 Å². The van der Waals surface area contributed by atoms with E-state index in [1.807, 2.05) is 6.07 Å². The molecule has 3 nitrogen and oxygen atoms in total. The zero-order chi connectivity index (χ0) is 11.3. The lowest BCUT2D eigenvalue weighted by Gasteiger charge is -2.02. The highest BCUT2D eigenvalue weighted by Crippen LogP contribution is 2.40. The Morgan fingerprint density at radius 2 is 2.06 bits per heavy atom. The molecule has 0 aromatic carbocycles. The van der Waals surface area contributed by atoms with E-state index >= 15 is 0 Å². The summed E-state index contributed by atoms with van der Waals surface area (Å²) in [4.78, 5) is 12.5. The number of nitrogens with zero attached hydrogens (tertiary/aromatic N) is 3. The summed E-state index contributed by atoms with van der Waals surface area (Å²) in [5, 5.41) is 1.03. The third-order valence-corrected chi connectivity index (χ3v) is 3.89. The summed E-state index contributed by atoms with van der Waals surface area (Å²) in [6, 6.07) is 1.88. The monoisotopic (exact) mass is 315 g/mol. The van der Waals surface area contributed by atoms with Gasteiger partial charge < -0.3 is 0 Å². The minimum atomic E-state index is 0.436. The van der Waals surface area contributed by atoms with Crippen LogP contribution in [0.25, 0.3) is 11.3 Å². The van der Waals surface area contributed by atoms with Crippen LogP contribution in [0.15, 0.2) is 17.0 Å². The Morgan fingerprint density at radius 1 is 1.25 bits per heavy atom. The number of rotatable bonds is 0. The molecule has 0 aliphatic heterocycles. The van der Waals surface area contributed by atoms with Gasteiger partial charge in [0.25, 0.3) is 0 Å². The highest BCUT2D eigenvalue weighted by Gasteiger charge is 2.25. The molecule has 3 rings (SSSR count). The Morgan fingerprint density at radius 3 is 2.88 bits per heavy atom. The van der Waals surface area contributed by atoms with Crippen LogP contribution >= 0.6 is 39.1 Å². The van der Waals surface area contributed by atoms with Crippen molar-refractivity contribution in [3.63, 3.8) is 0 Å². The van der Waals surface area contributed by atoms with E-state index in [2.05, 4.69) is 30.9 Å². The van der Waals surface area contributed by atoms with Crippen LogP contribution in [0.1, 0.15) is 11.3 Å². The lowest BCUT2D eigenvalue weighted by atomic mass is 10.2. The Labute approximate surface area is 110 Å². The first-order valence-corrected chi connectivity index (χ1v) is 6.06. The van der Waals surface area contributed by atoms with Crippen molar-refractivity contribution in [1.82, 2.24) is 15.0 Å². The fourth-order valence-corrected chi connectivity index (χ4v) is 2.51. The number of hydrogen-bond donors (Lipinski definition) is 0. The second-order valence-corrected chi connectivity index (χ2v) is 4.95. The third-order valence-electron chi connectivity index (χ3n) is 2.49. The molecule has 2 aromatic heterocycles. The number of halogens is 3. The summed E-state index contributed by atoms with van der Waals surface area (Å²) in [6.07, 6.45) is 2.16. The van der Waals surface area contributed by atoms with Gasteiger partial charge in [0, 0.05) is 6.42 Å². The number of fused-ring (bicyclic) bond motifs is 3. The maximum absolute atomic E-state index is 6.05. The zero-order valence-electron chi connectivity index (χ0n) is 7.84. The average Bonchev–Trinajstić information content (AvgIpc) is 2.58. The van der Waals surface area contributed by atoms with Crippen LogP contribution in [0.4, 0.5) is 0 Å². The van der Waals surface area contributed by atoms with E-state index in [0.717, 1.165) is 22.5 Å². The fourth-order valence-electron chi connectivity index (χ4n) is 1.80. The third kappa shape index (κ3) is 1.44. The molecule has 0 atom stereocenters. The van der Waals surface area contributed by atoms with Crippen LogP contribution < -0.4 is 0 Å². The molecule has 6 heteroatoms. The quantitative estimate of drug-likeness (QED) is 0.470. The lowest BCUT2D eigenvalue weighted by Crippen LogP contribution is -1.89. The SMILES string of the molecule is Clc1cc2c(nc1Br)-c1c(Cl)ncnc1C2.